The second-order valence-electron chi connectivity index (χ2n) is 4.24. The molecule has 1 atom stereocenters. The van der Waals surface area contributed by atoms with Crippen LogP contribution in [0.15, 0.2) is 18.2 Å². The average Bonchev–Trinajstić information content (AvgIpc) is 2.49. The average molecular weight is 282 g/mol. The molecule has 1 amide bonds. The van der Waals surface area contributed by atoms with Gasteiger partial charge in [0.1, 0.15) is 11.9 Å². The van der Waals surface area contributed by atoms with Crippen LogP contribution in [0, 0.1) is 5.82 Å². The molecule has 0 unspecified atom stereocenters. The van der Waals surface area contributed by atoms with Gasteiger partial charge in [0, 0.05) is 13.1 Å². The van der Waals surface area contributed by atoms with Crippen molar-refractivity contribution >= 4 is 17.6 Å². The van der Waals surface area contributed by atoms with E-state index in [4.69, 9.17) is 4.74 Å². The van der Waals surface area contributed by atoms with Crippen molar-refractivity contribution in [2.24, 2.45) is 0 Å². The summed E-state index contributed by atoms with van der Waals surface area (Å²) in [4.78, 5) is 23.3. The molecule has 0 aliphatic carbocycles. The van der Waals surface area contributed by atoms with Crippen LogP contribution in [-0.4, -0.2) is 44.8 Å². The van der Waals surface area contributed by atoms with Crippen molar-refractivity contribution in [3.8, 4) is 0 Å². The Balaban J connectivity index is 2.11. The van der Waals surface area contributed by atoms with E-state index < -0.39 is 23.8 Å². The summed E-state index contributed by atoms with van der Waals surface area (Å²) < 4.78 is 23.4. The molecule has 108 valence electrons. The van der Waals surface area contributed by atoms with Gasteiger partial charge in [-0.25, -0.2) is 9.18 Å². The van der Waals surface area contributed by atoms with Gasteiger partial charge in [-0.05, 0) is 18.2 Å². The molecular formula is C13H15FN2O4. The van der Waals surface area contributed by atoms with Crippen molar-refractivity contribution in [2.45, 2.75) is 6.10 Å². The summed E-state index contributed by atoms with van der Waals surface area (Å²) in [5.41, 5.74) is 0.0824. The SMILES string of the molecule is COC(=O)c1ccc(F)c(NC(=O)[C@H]2CNCCO2)c1. The molecule has 0 saturated carbocycles. The molecule has 0 bridgehead atoms. The maximum Gasteiger partial charge on any atom is 0.337 e. The molecule has 1 fully saturated rings. The maximum absolute atomic E-state index is 13.6. The minimum absolute atomic E-state index is 0.0768. The van der Waals surface area contributed by atoms with E-state index in [-0.39, 0.29) is 11.3 Å². The fraction of sp³-hybridized carbons (Fsp3) is 0.385. The first kappa shape index (κ1) is 14.4. The number of amides is 1. The number of morpholine rings is 1. The van der Waals surface area contributed by atoms with E-state index in [9.17, 15) is 14.0 Å². The van der Waals surface area contributed by atoms with Gasteiger partial charge in [0.2, 0.25) is 0 Å². The molecule has 7 heteroatoms. The minimum atomic E-state index is -0.676. The normalized spacial score (nSPS) is 18.4. The van der Waals surface area contributed by atoms with Gasteiger partial charge in [-0.2, -0.15) is 0 Å². The molecule has 1 aliphatic rings. The van der Waals surface area contributed by atoms with Crippen molar-refractivity contribution in [1.29, 1.82) is 0 Å². The molecular weight excluding hydrogens is 267 g/mol. The number of hydrogen-bond acceptors (Lipinski definition) is 5. The number of hydrogen-bond donors (Lipinski definition) is 2. The quantitative estimate of drug-likeness (QED) is 0.791. The highest BCUT2D eigenvalue weighted by atomic mass is 19.1. The van der Waals surface area contributed by atoms with Gasteiger partial charge in [0.05, 0.1) is 25.0 Å². The van der Waals surface area contributed by atoms with Crippen molar-refractivity contribution in [2.75, 3.05) is 32.1 Å². The third kappa shape index (κ3) is 3.31. The standard InChI is InChI=1S/C13H15FN2O4/c1-19-13(18)8-2-3-9(14)10(6-8)16-12(17)11-7-15-4-5-20-11/h2-3,6,11,15H,4-5,7H2,1H3,(H,16,17)/t11-/m1/s1. The van der Waals surface area contributed by atoms with Crippen LogP contribution in [0.25, 0.3) is 0 Å². The van der Waals surface area contributed by atoms with Gasteiger partial charge < -0.3 is 20.1 Å². The highest BCUT2D eigenvalue weighted by molar-refractivity contribution is 5.96. The number of rotatable bonds is 3. The Hall–Kier alpha value is -1.99. The van der Waals surface area contributed by atoms with Gasteiger partial charge >= 0.3 is 5.97 Å². The number of benzene rings is 1. The molecule has 20 heavy (non-hydrogen) atoms. The molecule has 1 saturated heterocycles. The van der Waals surface area contributed by atoms with Crippen molar-refractivity contribution < 1.29 is 23.5 Å². The Bertz CT molecular complexity index is 515. The van der Waals surface area contributed by atoms with Gasteiger partial charge in [0.15, 0.2) is 0 Å². The van der Waals surface area contributed by atoms with Crippen molar-refractivity contribution in [3.05, 3.63) is 29.6 Å². The highest BCUT2D eigenvalue weighted by Gasteiger charge is 2.23. The second kappa shape index (κ2) is 6.44. The van der Waals surface area contributed by atoms with Crippen LogP contribution in [0.4, 0.5) is 10.1 Å². The molecule has 0 radical (unpaired) electrons. The number of ether oxygens (including phenoxy) is 2. The monoisotopic (exact) mass is 282 g/mol. The third-order valence-electron chi connectivity index (χ3n) is 2.87. The summed E-state index contributed by atoms with van der Waals surface area (Å²) in [5, 5.41) is 5.41. The number of halogens is 1. The highest BCUT2D eigenvalue weighted by Crippen LogP contribution is 2.17. The van der Waals surface area contributed by atoms with Gasteiger partial charge in [0.25, 0.3) is 5.91 Å². The molecule has 1 heterocycles. The Morgan fingerprint density at radius 3 is 2.95 bits per heavy atom. The zero-order chi connectivity index (χ0) is 14.5. The van der Waals surface area contributed by atoms with Gasteiger partial charge in [-0.15, -0.1) is 0 Å². The number of carbonyl (C=O) groups excluding carboxylic acids is 2. The van der Waals surface area contributed by atoms with E-state index in [1.54, 1.807) is 0 Å². The molecule has 2 rings (SSSR count). The molecule has 2 N–H and O–H groups in total. The molecule has 1 aliphatic heterocycles. The van der Waals surface area contributed by atoms with E-state index in [1.807, 2.05) is 0 Å². The smallest absolute Gasteiger partial charge is 0.337 e. The fourth-order valence-electron chi connectivity index (χ4n) is 1.81. The van der Waals surface area contributed by atoms with E-state index in [2.05, 4.69) is 15.4 Å². The lowest BCUT2D eigenvalue weighted by Gasteiger charge is -2.22. The van der Waals surface area contributed by atoms with Crippen molar-refractivity contribution in [3.63, 3.8) is 0 Å². The number of esters is 1. The van der Waals surface area contributed by atoms with E-state index in [0.29, 0.717) is 19.7 Å². The zero-order valence-corrected chi connectivity index (χ0v) is 10.9. The third-order valence-corrected chi connectivity index (χ3v) is 2.87. The Morgan fingerprint density at radius 1 is 1.50 bits per heavy atom. The summed E-state index contributed by atoms with van der Waals surface area (Å²) >= 11 is 0. The summed E-state index contributed by atoms with van der Waals surface area (Å²) in [5.74, 6) is -1.69. The Labute approximate surface area is 115 Å². The van der Waals surface area contributed by atoms with Crippen LogP contribution >= 0.6 is 0 Å². The molecule has 0 spiro atoms. The number of nitrogens with one attached hydrogen (secondary N) is 2. The van der Waals surface area contributed by atoms with Crippen LogP contribution in [0.5, 0.6) is 0 Å². The molecule has 6 nitrogen and oxygen atoms in total. The first-order valence-electron chi connectivity index (χ1n) is 6.13. The largest absolute Gasteiger partial charge is 0.465 e. The Morgan fingerprint density at radius 2 is 2.30 bits per heavy atom. The second-order valence-corrected chi connectivity index (χ2v) is 4.24. The lowest BCUT2D eigenvalue weighted by Crippen LogP contribution is -2.45. The minimum Gasteiger partial charge on any atom is -0.465 e. The first-order chi connectivity index (χ1) is 9.61. The summed E-state index contributed by atoms with van der Waals surface area (Å²) in [6.07, 6.45) is -0.676. The zero-order valence-electron chi connectivity index (χ0n) is 10.9. The molecule has 1 aromatic carbocycles. The van der Waals surface area contributed by atoms with E-state index >= 15 is 0 Å². The Kier molecular flexibility index (Phi) is 4.65. The lowest BCUT2D eigenvalue weighted by atomic mass is 10.2. The van der Waals surface area contributed by atoms with Crippen molar-refractivity contribution in [1.82, 2.24) is 5.32 Å². The summed E-state index contributed by atoms with van der Waals surface area (Å²) in [6, 6.07) is 3.62. The fourth-order valence-corrected chi connectivity index (χ4v) is 1.81. The summed E-state index contributed by atoms with van der Waals surface area (Å²) in [6.45, 7) is 1.46. The van der Waals surface area contributed by atoms with Crippen LogP contribution in [0.2, 0.25) is 0 Å². The number of methoxy groups -OCH3 is 1. The lowest BCUT2D eigenvalue weighted by molar-refractivity contribution is -0.128. The van der Waals surface area contributed by atoms with Crippen LogP contribution in [0.3, 0.4) is 0 Å². The van der Waals surface area contributed by atoms with Gasteiger partial charge in [-0.1, -0.05) is 0 Å². The predicted molar refractivity (Wildman–Crippen MR) is 69.0 cm³/mol. The first-order valence-corrected chi connectivity index (χ1v) is 6.13. The topological polar surface area (TPSA) is 76.7 Å². The number of anilines is 1. The van der Waals surface area contributed by atoms with Crippen LogP contribution in [0.1, 0.15) is 10.4 Å². The van der Waals surface area contributed by atoms with Crippen LogP contribution in [-0.2, 0) is 14.3 Å². The summed E-state index contributed by atoms with van der Waals surface area (Å²) in [7, 11) is 1.23. The van der Waals surface area contributed by atoms with Gasteiger partial charge in [-0.3, -0.25) is 4.79 Å². The molecule has 0 aromatic heterocycles. The maximum atomic E-state index is 13.6. The van der Waals surface area contributed by atoms with Crippen LogP contribution < -0.4 is 10.6 Å². The predicted octanol–water partition coefficient (Wildman–Crippen LogP) is 0.539. The van der Waals surface area contributed by atoms with E-state index in [0.717, 1.165) is 6.07 Å². The van der Waals surface area contributed by atoms with E-state index in [1.165, 1.54) is 19.2 Å². The number of carbonyl (C=O) groups is 2. The molecule has 1 aromatic rings.